The number of anilines is 1. The van der Waals surface area contributed by atoms with Gasteiger partial charge in [-0.05, 0) is 42.5 Å². The molecule has 0 atom stereocenters. The predicted molar refractivity (Wildman–Crippen MR) is 95.1 cm³/mol. The fourth-order valence-electron chi connectivity index (χ4n) is 2.95. The Morgan fingerprint density at radius 2 is 1.92 bits per heavy atom. The van der Waals surface area contributed by atoms with E-state index in [1.165, 1.54) is 0 Å². The molecular formula is C19H23N3O2. The smallest absolute Gasteiger partial charge is 0.253 e. The number of rotatable bonds is 5. The van der Waals surface area contributed by atoms with Crippen LogP contribution in [0, 0.1) is 5.92 Å². The number of carbonyl (C=O) groups excluding carboxylic acids is 1. The predicted octanol–water partition coefficient (Wildman–Crippen LogP) is 2.32. The molecule has 5 heteroatoms. The number of pyridine rings is 1. The lowest BCUT2D eigenvalue weighted by Gasteiger charge is -2.34. The van der Waals surface area contributed by atoms with Gasteiger partial charge in [0.1, 0.15) is 0 Å². The van der Waals surface area contributed by atoms with Crippen LogP contribution in [-0.4, -0.2) is 42.7 Å². The average Bonchev–Trinajstić information content (AvgIpc) is 2.57. The van der Waals surface area contributed by atoms with Crippen LogP contribution in [0.4, 0.5) is 5.69 Å². The van der Waals surface area contributed by atoms with E-state index in [0.717, 1.165) is 29.7 Å². The van der Waals surface area contributed by atoms with E-state index >= 15 is 0 Å². The first-order valence-corrected chi connectivity index (χ1v) is 8.21. The van der Waals surface area contributed by atoms with Crippen molar-refractivity contribution in [3.8, 4) is 11.1 Å². The maximum absolute atomic E-state index is 12.3. The average molecular weight is 325 g/mol. The molecule has 2 aromatic rings. The summed E-state index contributed by atoms with van der Waals surface area (Å²) in [6, 6.07) is 10.2. The highest BCUT2D eigenvalue weighted by molar-refractivity contribution is 5.95. The first kappa shape index (κ1) is 16.5. The van der Waals surface area contributed by atoms with Crippen molar-refractivity contribution in [2.45, 2.75) is 18.9 Å². The molecule has 1 heterocycles. The Kier molecular flexibility index (Phi) is 4.81. The third kappa shape index (κ3) is 3.57. The monoisotopic (exact) mass is 325 g/mol. The van der Waals surface area contributed by atoms with E-state index in [0.29, 0.717) is 11.5 Å². The first-order valence-electron chi connectivity index (χ1n) is 8.21. The third-order valence-electron chi connectivity index (χ3n) is 4.55. The highest BCUT2D eigenvalue weighted by Gasteiger charge is 2.29. The van der Waals surface area contributed by atoms with Gasteiger partial charge in [-0.2, -0.15) is 0 Å². The summed E-state index contributed by atoms with van der Waals surface area (Å²) in [6.07, 6.45) is 5.06. The van der Waals surface area contributed by atoms with Crippen LogP contribution in [-0.2, 0) is 0 Å². The number of aliphatic hydroxyl groups excluding tert-OH is 1. The Morgan fingerprint density at radius 3 is 2.54 bits per heavy atom. The van der Waals surface area contributed by atoms with Crippen LogP contribution in [0.25, 0.3) is 11.1 Å². The van der Waals surface area contributed by atoms with Crippen molar-refractivity contribution >= 4 is 11.6 Å². The van der Waals surface area contributed by atoms with Crippen LogP contribution in [0.15, 0.2) is 42.7 Å². The summed E-state index contributed by atoms with van der Waals surface area (Å²) in [5, 5.41) is 12.0. The van der Waals surface area contributed by atoms with Gasteiger partial charge in [-0.15, -0.1) is 0 Å². The summed E-state index contributed by atoms with van der Waals surface area (Å²) in [6.45, 7) is 0.201. The molecule has 24 heavy (non-hydrogen) atoms. The van der Waals surface area contributed by atoms with Gasteiger partial charge in [-0.3, -0.25) is 9.78 Å². The quantitative estimate of drug-likeness (QED) is 0.885. The van der Waals surface area contributed by atoms with Gasteiger partial charge in [0, 0.05) is 50.4 Å². The SMILES string of the molecule is CN(C)c1ccc(-c2cncc(C(=O)NC3CC(CO)C3)c2)cc1. The summed E-state index contributed by atoms with van der Waals surface area (Å²) in [5.41, 5.74) is 3.65. The second-order valence-corrected chi connectivity index (χ2v) is 6.59. The molecule has 1 aromatic heterocycles. The van der Waals surface area contributed by atoms with Crippen molar-refractivity contribution < 1.29 is 9.90 Å². The molecule has 1 aromatic carbocycles. The van der Waals surface area contributed by atoms with E-state index in [2.05, 4.69) is 10.3 Å². The van der Waals surface area contributed by atoms with Crippen molar-refractivity contribution in [2.24, 2.45) is 5.92 Å². The number of benzene rings is 1. The second kappa shape index (κ2) is 7.01. The fourth-order valence-corrected chi connectivity index (χ4v) is 2.95. The van der Waals surface area contributed by atoms with Gasteiger partial charge in [0.2, 0.25) is 0 Å². The summed E-state index contributed by atoms with van der Waals surface area (Å²) in [4.78, 5) is 18.6. The van der Waals surface area contributed by atoms with Crippen LogP contribution in [0.5, 0.6) is 0 Å². The topological polar surface area (TPSA) is 65.5 Å². The number of aromatic nitrogens is 1. The molecule has 1 aliphatic carbocycles. The van der Waals surface area contributed by atoms with Crippen molar-refractivity contribution in [1.82, 2.24) is 10.3 Å². The van der Waals surface area contributed by atoms with Crippen LogP contribution in [0.2, 0.25) is 0 Å². The van der Waals surface area contributed by atoms with Crippen molar-refractivity contribution in [2.75, 3.05) is 25.6 Å². The van der Waals surface area contributed by atoms with Gasteiger partial charge in [0.25, 0.3) is 5.91 Å². The molecule has 0 unspecified atom stereocenters. The summed E-state index contributed by atoms with van der Waals surface area (Å²) in [7, 11) is 4.01. The Bertz CT molecular complexity index is 707. The Hall–Kier alpha value is -2.40. The third-order valence-corrected chi connectivity index (χ3v) is 4.55. The Balaban J connectivity index is 1.70. The van der Waals surface area contributed by atoms with Gasteiger partial charge < -0.3 is 15.3 Å². The second-order valence-electron chi connectivity index (χ2n) is 6.59. The first-order chi connectivity index (χ1) is 11.6. The minimum Gasteiger partial charge on any atom is -0.396 e. The number of amides is 1. The number of hydrogen-bond donors (Lipinski definition) is 2. The fraction of sp³-hybridized carbons (Fsp3) is 0.368. The van der Waals surface area contributed by atoms with Crippen molar-refractivity contribution in [1.29, 1.82) is 0 Å². The van der Waals surface area contributed by atoms with E-state index in [9.17, 15) is 4.79 Å². The zero-order valence-corrected chi connectivity index (χ0v) is 14.1. The van der Waals surface area contributed by atoms with E-state index < -0.39 is 0 Å². The molecule has 5 nitrogen and oxygen atoms in total. The molecule has 0 saturated heterocycles. The van der Waals surface area contributed by atoms with Crippen molar-refractivity contribution in [3.63, 3.8) is 0 Å². The van der Waals surface area contributed by atoms with Crippen LogP contribution in [0.3, 0.4) is 0 Å². The van der Waals surface area contributed by atoms with Crippen molar-refractivity contribution in [3.05, 3.63) is 48.3 Å². The number of aliphatic hydroxyl groups is 1. The van der Waals surface area contributed by atoms with E-state index in [-0.39, 0.29) is 18.6 Å². The lowest BCUT2D eigenvalue weighted by atomic mass is 9.81. The normalized spacial score (nSPS) is 19.5. The highest BCUT2D eigenvalue weighted by Crippen LogP contribution is 2.27. The molecule has 1 aliphatic rings. The number of nitrogens with one attached hydrogen (secondary N) is 1. The molecule has 0 radical (unpaired) electrons. The molecular weight excluding hydrogens is 302 g/mol. The van der Waals surface area contributed by atoms with Gasteiger partial charge in [0.05, 0.1) is 5.56 Å². The van der Waals surface area contributed by atoms with Gasteiger partial charge in [0.15, 0.2) is 0 Å². The number of hydrogen-bond acceptors (Lipinski definition) is 4. The molecule has 0 spiro atoms. The zero-order valence-electron chi connectivity index (χ0n) is 14.1. The Labute approximate surface area is 142 Å². The van der Waals surface area contributed by atoms with E-state index in [1.807, 2.05) is 49.3 Å². The minimum absolute atomic E-state index is 0.101. The largest absolute Gasteiger partial charge is 0.396 e. The zero-order chi connectivity index (χ0) is 17.1. The maximum atomic E-state index is 12.3. The van der Waals surface area contributed by atoms with Crippen LogP contribution in [0.1, 0.15) is 23.2 Å². The summed E-state index contributed by atoms with van der Waals surface area (Å²) in [5.74, 6) is 0.227. The highest BCUT2D eigenvalue weighted by atomic mass is 16.3. The minimum atomic E-state index is -0.101. The number of nitrogens with zero attached hydrogens (tertiary/aromatic N) is 2. The lowest BCUT2D eigenvalue weighted by Crippen LogP contribution is -2.45. The molecule has 0 aliphatic heterocycles. The Morgan fingerprint density at radius 1 is 1.21 bits per heavy atom. The van der Waals surface area contributed by atoms with Crippen LogP contribution >= 0.6 is 0 Å². The van der Waals surface area contributed by atoms with Gasteiger partial charge in [-0.25, -0.2) is 0 Å². The molecule has 3 rings (SSSR count). The molecule has 1 fully saturated rings. The molecule has 0 bridgehead atoms. The lowest BCUT2D eigenvalue weighted by molar-refractivity contribution is 0.0832. The maximum Gasteiger partial charge on any atom is 0.253 e. The molecule has 2 N–H and O–H groups in total. The summed E-state index contributed by atoms with van der Waals surface area (Å²) >= 11 is 0. The van der Waals surface area contributed by atoms with E-state index in [1.54, 1.807) is 12.4 Å². The number of carbonyl (C=O) groups is 1. The van der Waals surface area contributed by atoms with Gasteiger partial charge >= 0.3 is 0 Å². The molecule has 126 valence electrons. The van der Waals surface area contributed by atoms with Crippen LogP contribution < -0.4 is 10.2 Å². The summed E-state index contributed by atoms with van der Waals surface area (Å²) < 4.78 is 0. The van der Waals surface area contributed by atoms with E-state index in [4.69, 9.17) is 5.11 Å². The molecule has 1 amide bonds. The standard InChI is InChI=1S/C19H23N3O2/c1-22(2)18-5-3-14(4-6-18)15-9-16(11-20-10-15)19(24)21-17-7-13(8-17)12-23/h3-6,9-11,13,17,23H,7-8,12H2,1-2H3,(H,21,24). The van der Waals surface area contributed by atoms with Gasteiger partial charge in [-0.1, -0.05) is 12.1 Å². The molecule has 1 saturated carbocycles.